The summed E-state index contributed by atoms with van der Waals surface area (Å²) in [7, 11) is 0. The first-order valence-corrected chi connectivity index (χ1v) is 25.0. The van der Waals surface area contributed by atoms with E-state index in [1.807, 2.05) is 0 Å². The topological polar surface area (TPSA) is 0 Å². The van der Waals surface area contributed by atoms with Crippen molar-refractivity contribution in [2.45, 2.75) is 29.6 Å². The van der Waals surface area contributed by atoms with E-state index in [2.05, 4.69) is 147 Å². The third kappa shape index (κ3) is 4.57. The first-order valence-electron chi connectivity index (χ1n) is 15.7. The normalized spacial score (nSPS) is 18.1. The number of hydrogen-bond acceptors (Lipinski definition) is 0. The fourth-order valence-corrected chi connectivity index (χ4v) is 37.2. The second-order valence-electron chi connectivity index (χ2n) is 13.0. The van der Waals surface area contributed by atoms with Crippen LogP contribution in [-0.4, -0.2) is 0 Å². The van der Waals surface area contributed by atoms with Gasteiger partial charge in [0.2, 0.25) is 0 Å². The van der Waals surface area contributed by atoms with Crippen LogP contribution >= 0.6 is 0 Å². The van der Waals surface area contributed by atoms with Gasteiger partial charge < -0.3 is 24.8 Å². The monoisotopic (exact) mass is 788 g/mol. The van der Waals surface area contributed by atoms with Crippen molar-refractivity contribution < 1.29 is 44.8 Å². The molecular formula is C42H34Cl2Hf. The maximum absolute atomic E-state index is 2.87. The molecule has 1 aliphatic heterocycles. The zero-order valence-corrected chi connectivity index (χ0v) is 30.6. The summed E-state index contributed by atoms with van der Waals surface area (Å²) in [6.07, 6.45) is 5.14. The minimum Gasteiger partial charge on any atom is -1.00 e. The van der Waals surface area contributed by atoms with Crippen LogP contribution in [0, 0.1) is 0 Å². The minimum atomic E-state index is -2.87. The van der Waals surface area contributed by atoms with Crippen LogP contribution in [0.3, 0.4) is 0 Å². The van der Waals surface area contributed by atoms with Crippen LogP contribution in [-0.2, 0) is 20.0 Å². The van der Waals surface area contributed by atoms with Gasteiger partial charge in [0.05, 0.1) is 0 Å². The Hall–Kier alpha value is -3.23. The fraction of sp³-hybridized carbons (Fsp3) is 0.143. The van der Waals surface area contributed by atoms with E-state index in [-0.39, 0.29) is 24.8 Å². The van der Waals surface area contributed by atoms with E-state index in [0.29, 0.717) is 7.35 Å². The maximum atomic E-state index is 2.57. The molecule has 1 heterocycles. The molecule has 2 aliphatic carbocycles. The van der Waals surface area contributed by atoms with Gasteiger partial charge in [-0.2, -0.15) is 0 Å². The van der Waals surface area contributed by atoms with Crippen molar-refractivity contribution in [3.8, 4) is 22.3 Å². The quantitative estimate of drug-likeness (QED) is 0.194. The van der Waals surface area contributed by atoms with Gasteiger partial charge in [-0.25, -0.2) is 0 Å². The maximum Gasteiger partial charge on any atom is -1.00 e. The molecule has 0 amide bonds. The smallest absolute Gasteiger partial charge is 1.00 e. The molecule has 3 heteroatoms. The summed E-state index contributed by atoms with van der Waals surface area (Å²) in [6.45, 7) is 4.89. The van der Waals surface area contributed by atoms with Crippen molar-refractivity contribution >= 4 is 33.7 Å². The third-order valence-corrected chi connectivity index (χ3v) is 30.4. The van der Waals surface area contributed by atoms with Crippen LogP contribution in [0.25, 0.3) is 56.0 Å². The molecule has 0 nitrogen and oxygen atoms in total. The largest absolute Gasteiger partial charge is 1.00 e. The van der Waals surface area contributed by atoms with Crippen molar-refractivity contribution in [2.75, 3.05) is 0 Å². The van der Waals surface area contributed by atoms with Crippen LogP contribution in [0.2, 0.25) is 8.35 Å². The van der Waals surface area contributed by atoms with Crippen LogP contribution in [0.5, 0.6) is 0 Å². The summed E-state index contributed by atoms with van der Waals surface area (Å²) in [6, 6.07) is 45.6. The van der Waals surface area contributed by atoms with E-state index >= 15 is 0 Å². The second kappa shape index (κ2) is 11.5. The molecule has 2 unspecified atom stereocenters. The summed E-state index contributed by atoms with van der Waals surface area (Å²) in [5, 5.41) is 5.33. The van der Waals surface area contributed by atoms with Crippen molar-refractivity contribution in [3.05, 3.63) is 155 Å². The number of fused-ring (bicyclic) bond motifs is 4. The van der Waals surface area contributed by atoms with Gasteiger partial charge >= 0.3 is 260 Å². The van der Waals surface area contributed by atoms with Crippen LogP contribution in [0.4, 0.5) is 0 Å². The molecule has 6 aromatic rings. The molecule has 0 saturated carbocycles. The Kier molecular flexibility index (Phi) is 7.80. The van der Waals surface area contributed by atoms with E-state index in [9.17, 15) is 0 Å². The Morgan fingerprint density at radius 1 is 0.444 bits per heavy atom. The Balaban J connectivity index is 0.00000163. The Bertz CT molecular complexity index is 2020. The molecule has 0 bridgehead atoms. The molecule has 9 rings (SSSR count). The Labute approximate surface area is 283 Å². The zero-order chi connectivity index (χ0) is 28.7. The summed E-state index contributed by atoms with van der Waals surface area (Å²) in [5.41, 5.74) is 15.0. The molecular weight excluding hydrogens is 754 g/mol. The fourth-order valence-electron chi connectivity index (χ4n) is 8.91. The second-order valence-corrected chi connectivity index (χ2v) is 29.6. The van der Waals surface area contributed by atoms with E-state index in [1.165, 1.54) is 63.3 Å². The van der Waals surface area contributed by atoms with E-state index < -0.39 is 20.0 Å². The Morgan fingerprint density at radius 2 is 0.822 bits per heavy atom. The molecule has 0 spiro atoms. The summed E-state index contributed by atoms with van der Waals surface area (Å²) in [4.78, 5) is 0. The SMILES string of the molecule is CC1=Cc2c(-c3cccc4ccccc34)cccc2[CH]1[Hf+2]1([CH]2C(C)=Cc3c(-c4cccc5ccccc45)cccc32)[CH2][CH2]1.[Cl-].[Cl-]. The molecule has 1 fully saturated rings. The van der Waals surface area contributed by atoms with Gasteiger partial charge in [-0.15, -0.1) is 0 Å². The minimum absolute atomic E-state index is 0. The average molecular weight is 788 g/mol. The van der Waals surface area contributed by atoms with Gasteiger partial charge in [0.15, 0.2) is 0 Å². The van der Waals surface area contributed by atoms with Crippen LogP contribution < -0.4 is 24.8 Å². The van der Waals surface area contributed by atoms with Gasteiger partial charge in [-0.05, 0) is 0 Å². The number of rotatable bonds is 4. The van der Waals surface area contributed by atoms with E-state index in [0.717, 1.165) is 0 Å². The Morgan fingerprint density at radius 3 is 1.27 bits per heavy atom. The summed E-state index contributed by atoms with van der Waals surface area (Å²) < 4.78 is 4.32. The summed E-state index contributed by atoms with van der Waals surface area (Å²) in [5.74, 6) is 0. The molecule has 45 heavy (non-hydrogen) atoms. The summed E-state index contributed by atoms with van der Waals surface area (Å²) >= 11 is -2.87. The van der Waals surface area contributed by atoms with Gasteiger partial charge in [-0.3, -0.25) is 0 Å². The van der Waals surface area contributed by atoms with Crippen molar-refractivity contribution in [1.29, 1.82) is 0 Å². The van der Waals surface area contributed by atoms with Crippen molar-refractivity contribution in [1.82, 2.24) is 0 Å². The van der Waals surface area contributed by atoms with Gasteiger partial charge in [0, 0.05) is 0 Å². The molecule has 220 valence electrons. The first kappa shape index (κ1) is 30.4. The van der Waals surface area contributed by atoms with Crippen LogP contribution in [0.15, 0.2) is 132 Å². The molecule has 0 N–H and O–H groups in total. The van der Waals surface area contributed by atoms with Gasteiger partial charge in [0.25, 0.3) is 0 Å². The third-order valence-electron chi connectivity index (χ3n) is 10.7. The number of benzene rings is 6. The first-order chi connectivity index (χ1) is 21.1. The molecule has 0 radical (unpaired) electrons. The molecule has 2 atom stereocenters. The van der Waals surface area contributed by atoms with Gasteiger partial charge in [0.1, 0.15) is 0 Å². The van der Waals surface area contributed by atoms with E-state index in [4.69, 9.17) is 0 Å². The van der Waals surface area contributed by atoms with Gasteiger partial charge in [-0.1, -0.05) is 0 Å². The number of hydrogen-bond donors (Lipinski definition) is 0. The number of allylic oxidation sites excluding steroid dienone is 2. The van der Waals surface area contributed by atoms with E-state index in [1.54, 1.807) is 22.3 Å². The number of halogens is 2. The standard InChI is InChI=1S/2C20H15.C2H4.2ClH.Hf/c2*1-14-12-16-8-5-11-19(20(16)13-14)18-10-4-7-15-6-2-3-9-17(15)18;1-2;;;/h2*2-13H,1H3;1-2H2;2*1H;/q;;;;;+2/p-2. The molecule has 0 aromatic heterocycles. The van der Waals surface area contributed by atoms with Crippen molar-refractivity contribution in [2.24, 2.45) is 0 Å². The molecule has 6 aromatic carbocycles. The molecule has 3 aliphatic rings. The van der Waals surface area contributed by atoms with Crippen molar-refractivity contribution in [3.63, 3.8) is 0 Å². The predicted molar refractivity (Wildman–Crippen MR) is 181 cm³/mol. The molecule has 1 saturated heterocycles. The van der Waals surface area contributed by atoms with Crippen LogP contribution in [0.1, 0.15) is 43.5 Å². The predicted octanol–water partition coefficient (Wildman–Crippen LogP) is 5.96. The average Bonchev–Trinajstić information content (AvgIpc) is 3.62. The zero-order valence-electron chi connectivity index (χ0n) is 25.5.